The number of thiazole rings is 1. The van der Waals surface area contributed by atoms with Gasteiger partial charge in [-0.25, -0.2) is 9.78 Å². The molecule has 7 N–H and O–H groups in total. The standard InChI is InChI=1S/C9H7N3O4S.C6H14N2O2/c1-4-2-5(12-16-4)6-3-17-9(10-6)11-7(13)8(14)15;7-4-2-1-3-5(8)6(9)10/h2-3H,1H3,(H,14,15)(H,10,11,13);5H,1-4,7-8H2,(H,9,10)/t;5-/m.0/s1. The first kappa shape index (κ1) is 22.2. The summed E-state index contributed by atoms with van der Waals surface area (Å²) in [7, 11) is 0. The molecular weight excluding hydrogens is 378 g/mol. The molecule has 0 radical (unpaired) electrons. The predicted molar refractivity (Wildman–Crippen MR) is 97.1 cm³/mol. The first-order valence-corrected chi connectivity index (χ1v) is 8.74. The molecule has 0 bridgehead atoms. The molecule has 0 aliphatic heterocycles. The van der Waals surface area contributed by atoms with Gasteiger partial charge in [-0.1, -0.05) is 11.6 Å². The highest BCUT2D eigenvalue weighted by atomic mass is 32.1. The maximum atomic E-state index is 10.9. The average molecular weight is 399 g/mol. The lowest BCUT2D eigenvalue weighted by atomic mass is 10.1. The van der Waals surface area contributed by atoms with Crippen LogP contribution in [0.4, 0.5) is 5.13 Å². The Morgan fingerprint density at radius 1 is 1.30 bits per heavy atom. The number of carboxylic acid groups (broad SMARTS) is 2. The van der Waals surface area contributed by atoms with E-state index in [0.717, 1.165) is 24.2 Å². The van der Waals surface area contributed by atoms with Crippen LogP contribution in [0.3, 0.4) is 0 Å². The second kappa shape index (κ2) is 11.0. The van der Waals surface area contributed by atoms with Gasteiger partial charge >= 0.3 is 17.8 Å². The average Bonchev–Trinajstić information content (AvgIpc) is 3.24. The summed E-state index contributed by atoms with van der Waals surface area (Å²) in [6.07, 6.45) is 2.16. The topological polar surface area (TPSA) is 195 Å². The summed E-state index contributed by atoms with van der Waals surface area (Å²) in [5, 5.41) is 24.5. The zero-order valence-electron chi connectivity index (χ0n) is 14.5. The largest absolute Gasteiger partial charge is 0.480 e. The number of amides is 1. The highest BCUT2D eigenvalue weighted by molar-refractivity contribution is 7.14. The van der Waals surface area contributed by atoms with Crippen molar-refractivity contribution < 1.29 is 29.1 Å². The number of aryl methyl sites for hydroxylation is 1. The van der Waals surface area contributed by atoms with E-state index in [0.29, 0.717) is 30.1 Å². The Kier molecular flexibility index (Phi) is 9.05. The molecule has 2 rings (SSSR count). The number of carboxylic acids is 2. The molecule has 27 heavy (non-hydrogen) atoms. The van der Waals surface area contributed by atoms with Crippen LogP contribution in [0.5, 0.6) is 0 Å². The van der Waals surface area contributed by atoms with E-state index >= 15 is 0 Å². The molecule has 0 spiro atoms. The van der Waals surface area contributed by atoms with Crippen LogP contribution in [0.15, 0.2) is 16.0 Å². The number of nitrogens with two attached hydrogens (primary N) is 2. The minimum Gasteiger partial charge on any atom is -0.480 e. The van der Waals surface area contributed by atoms with Crippen molar-refractivity contribution in [2.75, 3.05) is 11.9 Å². The SMILES string of the molecule is Cc1cc(-c2csc(NC(=O)C(=O)O)n2)no1.NCCCC[C@H](N)C(=O)O. The van der Waals surface area contributed by atoms with Crippen molar-refractivity contribution in [3.63, 3.8) is 0 Å². The molecule has 148 valence electrons. The fourth-order valence-electron chi connectivity index (χ4n) is 1.72. The third-order valence-corrected chi connectivity index (χ3v) is 3.85. The monoisotopic (exact) mass is 399 g/mol. The molecule has 1 atom stereocenters. The van der Waals surface area contributed by atoms with E-state index in [1.807, 2.05) is 0 Å². The van der Waals surface area contributed by atoms with E-state index in [9.17, 15) is 14.4 Å². The molecule has 1 amide bonds. The second-order valence-electron chi connectivity index (χ2n) is 5.35. The summed E-state index contributed by atoms with van der Waals surface area (Å²) >= 11 is 1.11. The molecule has 12 heteroatoms. The Hall–Kier alpha value is -2.83. The first-order chi connectivity index (χ1) is 12.7. The highest BCUT2D eigenvalue weighted by Gasteiger charge is 2.15. The van der Waals surface area contributed by atoms with Gasteiger partial charge in [0.15, 0.2) is 5.13 Å². The third kappa shape index (κ3) is 7.94. The van der Waals surface area contributed by atoms with E-state index in [1.165, 1.54) is 0 Å². The Bertz CT molecular complexity index is 774. The number of carbonyl (C=O) groups excluding carboxylic acids is 1. The summed E-state index contributed by atoms with van der Waals surface area (Å²) in [6.45, 7) is 2.35. The number of aromatic nitrogens is 2. The molecule has 0 saturated carbocycles. The van der Waals surface area contributed by atoms with Gasteiger partial charge in [0.05, 0.1) is 0 Å². The van der Waals surface area contributed by atoms with E-state index in [1.54, 1.807) is 18.4 Å². The molecular formula is C15H21N5O6S. The molecule has 2 aromatic heterocycles. The smallest absolute Gasteiger partial charge is 0.394 e. The van der Waals surface area contributed by atoms with Crippen LogP contribution >= 0.6 is 11.3 Å². The van der Waals surface area contributed by atoms with Gasteiger partial charge in [0.2, 0.25) is 0 Å². The fourth-order valence-corrected chi connectivity index (χ4v) is 2.42. The second-order valence-corrected chi connectivity index (χ2v) is 6.21. The van der Waals surface area contributed by atoms with Gasteiger partial charge in [0.25, 0.3) is 0 Å². The van der Waals surface area contributed by atoms with Crippen molar-refractivity contribution in [1.82, 2.24) is 10.1 Å². The van der Waals surface area contributed by atoms with E-state index in [4.69, 9.17) is 26.2 Å². The minimum absolute atomic E-state index is 0.202. The maximum Gasteiger partial charge on any atom is 0.394 e. The van der Waals surface area contributed by atoms with Crippen molar-refractivity contribution in [3.8, 4) is 11.4 Å². The zero-order chi connectivity index (χ0) is 20.4. The maximum absolute atomic E-state index is 10.9. The molecule has 0 saturated heterocycles. The Morgan fingerprint density at radius 2 is 2.00 bits per heavy atom. The number of anilines is 1. The number of carbonyl (C=O) groups is 3. The summed E-state index contributed by atoms with van der Waals surface area (Å²) in [5.41, 5.74) is 11.5. The molecule has 0 unspecified atom stereocenters. The van der Waals surface area contributed by atoms with Crippen LogP contribution in [0.1, 0.15) is 25.0 Å². The molecule has 0 aliphatic carbocycles. The minimum atomic E-state index is -1.56. The molecule has 2 heterocycles. The van der Waals surface area contributed by atoms with Gasteiger partial charge in [-0.15, -0.1) is 11.3 Å². The van der Waals surface area contributed by atoms with Crippen molar-refractivity contribution in [2.24, 2.45) is 11.5 Å². The van der Waals surface area contributed by atoms with Crippen molar-refractivity contribution in [2.45, 2.75) is 32.2 Å². The van der Waals surface area contributed by atoms with Crippen LogP contribution < -0.4 is 16.8 Å². The number of hydrogen-bond donors (Lipinski definition) is 5. The van der Waals surface area contributed by atoms with Gasteiger partial charge in [-0.3, -0.25) is 14.9 Å². The summed E-state index contributed by atoms with van der Waals surface area (Å²) in [5.74, 6) is -2.97. The normalized spacial score (nSPS) is 11.2. The number of nitrogens with zero attached hydrogens (tertiary/aromatic N) is 2. The van der Waals surface area contributed by atoms with E-state index < -0.39 is 23.9 Å². The lowest BCUT2D eigenvalue weighted by Gasteiger charge is -2.03. The lowest BCUT2D eigenvalue weighted by Crippen LogP contribution is -2.29. The molecule has 0 fully saturated rings. The molecule has 11 nitrogen and oxygen atoms in total. The van der Waals surface area contributed by atoms with Gasteiger partial charge in [-0.2, -0.15) is 0 Å². The van der Waals surface area contributed by atoms with Crippen molar-refractivity contribution in [3.05, 3.63) is 17.2 Å². The number of aliphatic carboxylic acids is 2. The zero-order valence-corrected chi connectivity index (χ0v) is 15.4. The number of unbranched alkanes of at least 4 members (excludes halogenated alkanes) is 1. The van der Waals surface area contributed by atoms with Crippen LogP contribution in [-0.2, 0) is 14.4 Å². The third-order valence-electron chi connectivity index (χ3n) is 3.10. The molecule has 2 aromatic rings. The quantitative estimate of drug-likeness (QED) is 0.326. The summed E-state index contributed by atoms with van der Waals surface area (Å²) in [6, 6.07) is 0.976. The van der Waals surface area contributed by atoms with Crippen LogP contribution in [0.2, 0.25) is 0 Å². The van der Waals surface area contributed by atoms with Gasteiger partial charge < -0.3 is 26.2 Å². The number of nitrogens with one attached hydrogen (secondary N) is 1. The van der Waals surface area contributed by atoms with E-state index in [2.05, 4.69) is 15.5 Å². The number of rotatable bonds is 7. The summed E-state index contributed by atoms with van der Waals surface area (Å²) < 4.78 is 4.88. The Labute approximate surface area is 158 Å². The van der Waals surface area contributed by atoms with Crippen molar-refractivity contribution >= 4 is 34.3 Å². The number of hydrogen-bond acceptors (Lipinski definition) is 9. The highest BCUT2D eigenvalue weighted by Crippen LogP contribution is 2.24. The predicted octanol–water partition coefficient (Wildman–Crippen LogP) is 0.657. The van der Waals surface area contributed by atoms with Crippen LogP contribution in [0.25, 0.3) is 11.4 Å². The Morgan fingerprint density at radius 3 is 2.52 bits per heavy atom. The van der Waals surface area contributed by atoms with E-state index in [-0.39, 0.29) is 5.13 Å². The van der Waals surface area contributed by atoms with Gasteiger partial charge in [0, 0.05) is 11.4 Å². The molecule has 0 aromatic carbocycles. The first-order valence-electron chi connectivity index (χ1n) is 7.86. The van der Waals surface area contributed by atoms with Gasteiger partial charge in [-0.05, 0) is 26.3 Å². The van der Waals surface area contributed by atoms with Gasteiger partial charge in [0.1, 0.15) is 23.2 Å². The van der Waals surface area contributed by atoms with Crippen LogP contribution in [0, 0.1) is 6.92 Å². The summed E-state index contributed by atoms with van der Waals surface area (Å²) in [4.78, 5) is 35.4. The van der Waals surface area contributed by atoms with Crippen molar-refractivity contribution in [1.29, 1.82) is 0 Å². The lowest BCUT2D eigenvalue weighted by molar-refractivity contribution is -0.147. The van der Waals surface area contributed by atoms with Crippen LogP contribution in [-0.4, -0.2) is 50.8 Å². The Balaban J connectivity index is 0.000000314. The molecule has 0 aliphatic rings. The fraction of sp³-hybridized carbons (Fsp3) is 0.400.